The summed E-state index contributed by atoms with van der Waals surface area (Å²) in [5, 5.41) is 0. The highest BCUT2D eigenvalue weighted by molar-refractivity contribution is 7.62. The Balaban J connectivity index is 0.000000282. The third kappa shape index (κ3) is 6.51. The van der Waals surface area contributed by atoms with Gasteiger partial charge in [0, 0.05) is 11.3 Å². The van der Waals surface area contributed by atoms with E-state index >= 15 is 0 Å². The average molecular weight is 447 g/mol. The molecule has 3 aromatic carbocycles. The molecule has 0 amide bonds. The Morgan fingerprint density at radius 3 is 1.32 bits per heavy atom. The summed E-state index contributed by atoms with van der Waals surface area (Å²) in [4.78, 5) is 0. The van der Waals surface area contributed by atoms with Crippen LogP contribution in [0.3, 0.4) is 0 Å². The minimum absolute atomic E-state index is 0.227. The first-order valence-electron chi connectivity index (χ1n) is 11.9. The average Bonchev–Trinajstić information content (AvgIpc) is 3.49. The molecule has 0 aliphatic carbocycles. The van der Waals surface area contributed by atoms with Gasteiger partial charge in [-0.05, 0) is 68.4 Å². The van der Waals surface area contributed by atoms with Crippen molar-refractivity contribution in [1.82, 2.24) is 0 Å². The Morgan fingerprint density at radius 1 is 0.581 bits per heavy atom. The molecule has 2 heterocycles. The third-order valence-corrected chi connectivity index (χ3v) is 13.3. The van der Waals surface area contributed by atoms with E-state index < -0.39 is 0 Å². The minimum Gasteiger partial charge on any atom is -0.0987 e. The van der Waals surface area contributed by atoms with Gasteiger partial charge >= 0.3 is 0 Å². The summed E-state index contributed by atoms with van der Waals surface area (Å²) in [6, 6.07) is 33.0. The summed E-state index contributed by atoms with van der Waals surface area (Å²) in [5.74, 6) is 0. The van der Waals surface area contributed by atoms with Crippen LogP contribution in [0, 0.1) is 6.92 Å². The number of rotatable bonds is 5. The second kappa shape index (κ2) is 11.9. The van der Waals surface area contributed by atoms with E-state index in [1.54, 1.807) is 11.1 Å². The van der Waals surface area contributed by atoms with E-state index in [1.165, 1.54) is 55.9 Å². The molecule has 0 nitrogen and oxygen atoms in total. The second-order valence-corrected chi connectivity index (χ2v) is 14.3. The highest BCUT2D eigenvalue weighted by Gasteiger charge is 2.31. The molecule has 3 aromatic rings. The molecule has 2 aliphatic rings. The van der Waals surface area contributed by atoms with Crippen LogP contribution in [0.15, 0.2) is 91.0 Å². The number of hydrogen-bond donors (Lipinski definition) is 0. The first kappa shape index (κ1) is 22.7. The fraction of sp³-hybridized carbons (Fsp3) is 0.379. The van der Waals surface area contributed by atoms with Crippen molar-refractivity contribution < 1.29 is 0 Å². The van der Waals surface area contributed by atoms with Gasteiger partial charge in [0.25, 0.3) is 0 Å². The molecule has 162 valence electrons. The van der Waals surface area contributed by atoms with Crippen LogP contribution in [0.4, 0.5) is 0 Å². The molecule has 3 unspecified atom stereocenters. The lowest BCUT2D eigenvalue weighted by atomic mass is 10.1. The summed E-state index contributed by atoms with van der Waals surface area (Å²) in [5.41, 5.74) is 6.37. The van der Waals surface area contributed by atoms with Crippen molar-refractivity contribution in [1.29, 1.82) is 0 Å². The highest BCUT2D eigenvalue weighted by atomic mass is 31.1. The molecule has 0 bridgehead atoms. The predicted molar refractivity (Wildman–Crippen MR) is 141 cm³/mol. The van der Waals surface area contributed by atoms with Crippen molar-refractivity contribution in [3.63, 3.8) is 0 Å². The molecule has 0 saturated carbocycles. The van der Waals surface area contributed by atoms with Gasteiger partial charge in [0.05, 0.1) is 0 Å². The van der Waals surface area contributed by atoms with Crippen molar-refractivity contribution in [2.45, 2.75) is 43.9 Å². The van der Waals surface area contributed by atoms with Crippen molar-refractivity contribution in [3.8, 4) is 0 Å². The Morgan fingerprint density at radius 2 is 0.968 bits per heavy atom. The molecule has 5 rings (SSSR count). The topological polar surface area (TPSA) is 0 Å². The van der Waals surface area contributed by atoms with E-state index in [0.29, 0.717) is 0 Å². The molecule has 4 atom stereocenters. The molecule has 2 fully saturated rings. The van der Waals surface area contributed by atoms with Gasteiger partial charge in [-0.2, -0.15) is 0 Å². The van der Waals surface area contributed by atoms with E-state index in [-0.39, 0.29) is 15.8 Å². The fourth-order valence-electron chi connectivity index (χ4n) is 5.08. The zero-order valence-corrected chi connectivity index (χ0v) is 20.7. The molecular weight excluding hydrogens is 410 g/mol. The van der Waals surface area contributed by atoms with E-state index in [4.69, 9.17) is 0 Å². The van der Waals surface area contributed by atoms with Crippen LogP contribution in [0.2, 0.25) is 0 Å². The van der Waals surface area contributed by atoms with Crippen molar-refractivity contribution in [2.24, 2.45) is 0 Å². The van der Waals surface area contributed by atoms with Gasteiger partial charge in [0.2, 0.25) is 0 Å². The molecule has 2 heteroatoms. The van der Waals surface area contributed by atoms with Crippen LogP contribution < -0.4 is 0 Å². The molecule has 0 N–H and O–H groups in total. The fourth-order valence-corrected chi connectivity index (χ4v) is 12.3. The minimum atomic E-state index is 0.227. The van der Waals surface area contributed by atoms with Gasteiger partial charge in [-0.25, -0.2) is 0 Å². The largest absolute Gasteiger partial charge is 0.0987 e. The van der Waals surface area contributed by atoms with E-state index in [1.807, 2.05) is 18.2 Å². The molecule has 0 spiro atoms. The first-order chi connectivity index (χ1) is 15.3. The molecule has 0 aromatic heterocycles. The second-order valence-electron chi connectivity index (χ2n) is 8.86. The van der Waals surface area contributed by atoms with Crippen LogP contribution in [0.5, 0.6) is 0 Å². The van der Waals surface area contributed by atoms with Crippen LogP contribution in [-0.2, 0) is 0 Å². The third-order valence-electron chi connectivity index (χ3n) is 6.71. The smallest absolute Gasteiger partial charge is 0.00420 e. The highest BCUT2D eigenvalue weighted by Crippen LogP contribution is 2.64. The first-order valence-corrected chi connectivity index (χ1v) is 15.5. The molecule has 31 heavy (non-hydrogen) atoms. The lowest BCUT2D eigenvalue weighted by Gasteiger charge is -2.25. The summed E-state index contributed by atoms with van der Waals surface area (Å²) < 4.78 is 0. The van der Waals surface area contributed by atoms with Crippen LogP contribution in [-0.4, -0.2) is 24.6 Å². The lowest BCUT2D eigenvalue weighted by molar-refractivity contribution is 0.825. The van der Waals surface area contributed by atoms with Gasteiger partial charge in [-0.3, -0.25) is 0 Å². The maximum Gasteiger partial charge on any atom is 0.00420 e. The monoisotopic (exact) mass is 446 g/mol. The van der Waals surface area contributed by atoms with Gasteiger partial charge in [0.15, 0.2) is 0 Å². The normalized spacial score (nSPS) is 25.1. The maximum absolute atomic E-state index is 2.37. The SMILES string of the molecule is Cc1ccccc1.c1ccc(C2CCCP2CCP2CCC[C@@H]2c2ccccc2)cc1. The summed E-state index contributed by atoms with van der Waals surface area (Å²) in [6.07, 6.45) is 11.9. The van der Waals surface area contributed by atoms with Gasteiger partial charge < -0.3 is 0 Å². The standard InChI is InChI=1S/C22H28P2.C7H8/c1-3-9-19(10-4-1)21-13-7-15-23(21)17-18-24-16-8-14-22(24)20-11-5-2-6-12-20;1-7-5-3-2-4-6-7/h1-6,9-12,21-22H,7-8,13-18H2;2-6H,1H3/t21-,22?,23?,24?;/m1./s1. The quantitative estimate of drug-likeness (QED) is 0.343. The Bertz CT molecular complexity index is 821. The van der Waals surface area contributed by atoms with Crippen LogP contribution in [0.1, 0.15) is 53.7 Å². The summed E-state index contributed by atoms with van der Waals surface area (Å²) in [7, 11) is 0.455. The van der Waals surface area contributed by atoms with Crippen LogP contribution in [0.25, 0.3) is 0 Å². The van der Waals surface area contributed by atoms with E-state index in [0.717, 1.165) is 11.3 Å². The zero-order chi connectivity index (χ0) is 21.3. The predicted octanol–water partition coefficient (Wildman–Crippen LogP) is 9.02. The van der Waals surface area contributed by atoms with E-state index in [9.17, 15) is 0 Å². The van der Waals surface area contributed by atoms with Crippen molar-refractivity contribution in [2.75, 3.05) is 24.6 Å². The van der Waals surface area contributed by atoms with Crippen molar-refractivity contribution >= 4 is 15.8 Å². The van der Waals surface area contributed by atoms with Gasteiger partial charge in [-0.1, -0.05) is 112 Å². The summed E-state index contributed by atoms with van der Waals surface area (Å²) >= 11 is 0. The molecule has 2 aliphatic heterocycles. The Labute approximate surface area is 192 Å². The Hall–Kier alpha value is -1.48. The van der Waals surface area contributed by atoms with Crippen molar-refractivity contribution in [3.05, 3.63) is 108 Å². The lowest BCUT2D eigenvalue weighted by Crippen LogP contribution is -2.01. The molecule has 2 saturated heterocycles. The number of hydrogen-bond acceptors (Lipinski definition) is 0. The van der Waals surface area contributed by atoms with Crippen LogP contribution >= 0.6 is 15.8 Å². The summed E-state index contributed by atoms with van der Waals surface area (Å²) in [6.45, 7) is 2.08. The van der Waals surface area contributed by atoms with Gasteiger partial charge in [-0.15, -0.1) is 0 Å². The number of benzene rings is 3. The van der Waals surface area contributed by atoms with E-state index in [2.05, 4.69) is 79.7 Å². The molecular formula is C29H36P2. The zero-order valence-electron chi connectivity index (χ0n) is 18.9. The number of aryl methyl sites for hydroxylation is 1. The van der Waals surface area contributed by atoms with Gasteiger partial charge in [0.1, 0.15) is 0 Å². The maximum atomic E-state index is 2.37. The Kier molecular flexibility index (Phi) is 8.75. The molecule has 0 radical (unpaired) electrons.